The van der Waals surface area contributed by atoms with Gasteiger partial charge in [0.15, 0.2) is 0 Å². The van der Waals surface area contributed by atoms with Crippen LogP contribution in [0.4, 0.5) is 0 Å². The average Bonchev–Trinajstić information content (AvgIpc) is 2.79. The number of nitrogens with zero attached hydrogens (tertiary/aromatic N) is 1. The van der Waals surface area contributed by atoms with E-state index in [2.05, 4.69) is 27.0 Å². The van der Waals surface area contributed by atoms with Crippen molar-refractivity contribution in [3.63, 3.8) is 0 Å². The standard InChI is InChI=1S/C14H12BrNO/c15-11-5-1-2-7-13(11)17-14-9-8-10-4-3-6-12(10)16-14/h1-2,5,7-9H,3-4,6H2. The monoisotopic (exact) mass is 289 g/mol. The van der Waals surface area contributed by atoms with Crippen molar-refractivity contribution in [1.82, 2.24) is 4.98 Å². The van der Waals surface area contributed by atoms with Gasteiger partial charge in [0.2, 0.25) is 5.88 Å². The normalized spacial score (nSPS) is 13.5. The Bertz CT molecular complexity index is 554. The van der Waals surface area contributed by atoms with Gasteiger partial charge < -0.3 is 4.74 Å². The molecule has 0 atom stereocenters. The van der Waals surface area contributed by atoms with Crippen molar-refractivity contribution in [1.29, 1.82) is 0 Å². The predicted molar refractivity (Wildman–Crippen MR) is 70.5 cm³/mol. The van der Waals surface area contributed by atoms with Crippen molar-refractivity contribution in [3.8, 4) is 11.6 Å². The molecule has 0 amide bonds. The number of para-hydroxylation sites is 1. The van der Waals surface area contributed by atoms with Crippen molar-refractivity contribution < 1.29 is 4.74 Å². The van der Waals surface area contributed by atoms with Crippen molar-refractivity contribution >= 4 is 15.9 Å². The Balaban J connectivity index is 1.89. The zero-order valence-corrected chi connectivity index (χ0v) is 10.9. The fraction of sp³-hybridized carbons (Fsp3) is 0.214. The Labute approximate surface area is 109 Å². The van der Waals surface area contributed by atoms with Crippen LogP contribution in [0.1, 0.15) is 17.7 Å². The highest BCUT2D eigenvalue weighted by Gasteiger charge is 2.13. The minimum Gasteiger partial charge on any atom is -0.438 e. The van der Waals surface area contributed by atoms with E-state index in [1.54, 1.807) is 0 Å². The fourth-order valence-electron chi connectivity index (χ4n) is 2.10. The lowest BCUT2D eigenvalue weighted by atomic mass is 10.2. The molecule has 3 heteroatoms. The number of hydrogen-bond donors (Lipinski definition) is 0. The van der Waals surface area contributed by atoms with Gasteiger partial charge in [-0.2, -0.15) is 0 Å². The second-order valence-corrected chi connectivity index (χ2v) is 5.00. The molecule has 0 radical (unpaired) electrons. The van der Waals surface area contributed by atoms with Crippen LogP contribution >= 0.6 is 15.9 Å². The molecule has 86 valence electrons. The van der Waals surface area contributed by atoms with E-state index in [9.17, 15) is 0 Å². The molecule has 1 aliphatic carbocycles. The van der Waals surface area contributed by atoms with Crippen LogP contribution < -0.4 is 4.74 Å². The van der Waals surface area contributed by atoms with Crippen molar-refractivity contribution in [2.24, 2.45) is 0 Å². The molecule has 0 fully saturated rings. The summed E-state index contributed by atoms with van der Waals surface area (Å²) in [4.78, 5) is 4.55. The summed E-state index contributed by atoms with van der Waals surface area (Å²) in [7, 11) is 0. The zero-order valence-electron chi connectivity index (χ0n) is 9.32. The van der Waals surface area contributed by atoms with E-state index in [0.29, 0.717) is 5.88 Å². The van der Waals surface area contributed by atoms with Gasteiger partial charge in [0, 0.05) is 11.8 Å². The van der Waals surface area contributed by atoms with Crippen LogP contribution in [-0.4, -0.2) is 4.98 Å². The first kappa shape index (κ1) is 10.8. The number of fused-ring (bicyclic) bond motifs is 1. The minimum atomic E-state index is 0.678. The Hall–Kier alpha value is -1.35. The summed E-state index contributed by atoms with van der Waals surface area (Å²) in [6, 6.07) is 11.9. The molecule has 2 nitrogen and oxygen atoms in total. The molecule has 1 aliphatic rings. The topological polar surface area (TPSA) is 22.1 Å². The van der Waals surface area contributed by atoms with Crippen LogP contribution in [0.5, 0.6) is 11.6 Å². The van der Waals surface area contributed by atoms with Gasteiger partial charge in [0.25, 0.3) is 0 Å². The van der Waals surface area contributed by atoms with Crippen molar-refractivity contribution in [2.45, 2.75) is 19.3 Å². The van der Waals surface area contributed by atoms with Gasteiger partial charge in [0.1, 0.15) is 5.75 Å². The van der Waals surface area contributed by atoms with Gasteiger partial charge in [-0.25, -0.2) is 4.98 Å². The maximum atomic E-state index is 5.78. The van der Waals surface area contributed by atoms with Gasteiger partial charge in [-0.1, -0.05) is 18.2 Å². The van der Waals surface area contributed by atoms with E-state index in [1.807, 2.05) is 30.3 Å². The molecule has 0 N–H and O–H groups in total. The second-order valence-electron chi connectivity index (χ2n) is 4.14. The third-order valence-electron chi connectivity index (χ3n) is 2.95. The van der Waals surface area contributed by atoms with Gasteiger partial charge in [-0.05, 0) is 52.9 Å². The van der Waals surface area contributed by atoms with Crippen molar-refractivity contribution in [3.05, 3.63) is 52.1 Å². The Kier molecular flexibility index (Phi) is 2.85. The largest absolute Gasteiger partial charge is 0.438 e. The van der Waals surface area contributed by atoms with E-state index >= 15 is 0 Å². The number of aromatic nitrogens is 1. The first-order valence-electron chi connectivity index (χ1n) is 5.74. The van der Waals surface area contributed by atoms with Crippen LogP contribution in [0, 0.1) is 0 Å². The molecular formula is C14H12BrNO. The number of pyridine rings is 1. The van der Waals surface area contributed by atoms with Gasteiger partial charge in [0.05, 0.1) is 4.47 Å². The maximum Gasteiger partial charge on any atom is 0.219 e. The van der Waals surface area contributed by atoms with Gasteiger partial charge >= 0.3 is 0 Å². The van der Waals surface area contributed by atoms with Crippen LogP contribution in [0.15, 0.2) is 40.9 Å². The lowest BCUT2D eigenvalue weighted by molar-refractivity contribution is 0.458. The third kappa shape index (κ3) is 2.20. The Morgan fingerprint density at radius 2 is 1.94 bits per heavy atom. The Morgan fingerprint density at radius 1 is 1.06 bits per heavy atom. The molecule has 1 heterocycles. The molecule has 3 rings (SSSR count). The van der Waals surface area contributed by atoms with Crippen molar-refractivity contribution in [2.75, 3.05) is 0 Å². The number of rotatable bonds is 2. The lowest BCUT2D eigenvalue weighted by Gasteiger charge is -2.07. The summed E-state index contributed by atoms with van der Waals surface area (Å²) in [6.07, 6.45) is 3.43. The number of ether oxygens (including phenoxy) is 1. The number of hydrogen-bond acceptors (Lipinski definition) is 2. The van der Waals surface area contributed by atoms with E-state index in [0.717, 1.165) is 23.1 Å². The molecule has 1 aromatic heterocycles. The predicted octanol–water partition coefficient (Wildman–Crippen LogP) is 4.13. The molecule has 0 spiro atoms. The highest BCUT2D eigenvalue weighted by Crippen LogP contribution is 2.30. The molecule has 17 heavy (non-hydrogen) atoms. The summed E-state index contributed by atoms with van der Waals surface area (Å²) in [5.41, 5.74) is 2.55. The maximum absolute atomic E-state index is 5.78. The molecular weight excluding hydrogens is 278 g/mol. The molecule has 1 aromatic carbocycles. The summed E-state index contributed by atoms with van der Waals surface area (Å²) >= 11 is 3.46. The SMILES string of the molecule is Brc1ccccc1Oc1ccc2c(n1)CCC2. The number of aryl methyl sites for hydroxylation is 2. The molecule has 0 saturated carbocycles. The molecule has 2 aromatic rings. The molecule has 0 saturated heterocycles. The van der Waals surface area contributed by atoms with Crippen LogP contribution in [-0.2, 0) is 12.8 Å². The quantitative estimate of drug-likeness (QED) is 0.829. The number of benzene rings is 1. The minimum absolute atomic E-state index is 0.678. The summed E-state index contributed by atoms with van der Waals surface area (Å²) in [5, 5.41) is 0. The third-order valence-corrected chi connectivity index (χ3v) is 3.61. The Morgan fingerprint density at radius 3 is 2.82 bits per heavy atom. The molecule has 0 unspecified atom stereocenters. The van der Waals surface area contributed by atoms with Crippen LogP contribution in [0.3, 0.4) is 0 Å². The van der Waals surface area contributed by atoms with E-state index in [-0.39, 0.29) is 0 Å². The smallest absolute Gasteiger partial charge is 0.219 e. The first-order valence-corrected chi connectivity index (χ1v) is 6.53. The van der Waals surface area contributed by atoms with E-state index in [1.165, 1.54) is 17.7 Å². The van der Waals surface area contributed by atoms with Crippen LogP contribution in [0.2, 0.25) is 0 Å². The fourth-order valence-corrected chi connectivity index (χ4v) is 2.46. The molecule has 0 aliphatic heterocycles. The number of halogens is 1. The van der Waals surface area contributed by atoms with Gasteiger partial charge in [-0.15, -0.1) is 0 Å². The first-order chi connectivity index (χ1) is 8.33. The van der Waals surface area contributed by atoms with Gasteiger partial charge in [-0.3, -0.25) is 0 Å². The highest BCUT2D eigenvalue weighted by molar-refractivity contribution is 9.10. The summed E-state index contributed by atoms with van der Waals surface area (Å²) in [6.45, 7) is 0. The summed E-state index contributed by atoms with van der Waals surface area (Å²) in [5.74, 6) is 1.48. The molecule has 0 bridgehead atoms. The lowest BCUT2D eigenvalue weighted by Crippen LogP contribution is -1.93. The van der Waals surface area contributed by atoms with Crippen LogP contribution in [0.25, 0.3) is 0 Å². The average molecular weight is 290 g/mol. The zero-order chi connectivity index (χ0) is 11.7. The highest BCUT2D eigenvalue weighted by atomic mass is 79.9. The second kappa shape index (κ2) is 4.49. The van der Waals surface area contributed by atoms with E-state index < -0.39 is 0 Å². The summed E-state index contributed by atoms with van der Waals surface area (Å²) < 4.78 is 6.72. The van der Waals surface area contributed by atoms with E-state index in [4.69, 9.17) is 4.74 Å².